The third kappa shape index (κ3) is 5.83. The zero-order valence-corrected chi connectivity index (χ0v) is 14.1. The molecule has 0 radical (unpaired) electrons. The molecule has 1 aromatic carbocycles. The second kappa shape index (κ2) is 8.36. The molecule has 2 N–H and O–H groups in total. The number of rotatable bonds is 5. The summed E-state index contributed by atoms with van der Waals surface area (Å²) in [4.78, 5) is 16.7. The summed E-state index contributed by atoms with van der Waals surface area (Å²) in [5.41, 5.74) is 0.705. The van der Waals surface area contributed by atoms with Gasteiger partial charge in [0.2, 0.25) is 0 Å². The van der Waals surface area contributed by atoms with E-state index in [9.17, 15) is 4.79 Å². The first-order chi connectivity index (χ1) is 10.5. The van der Waals surface area contributed by atoms with Gasteiger partial charge in [-0.3, -0.25) is 0 Å². The second-order valence-electron chi connectivity index (χ2n) is 6.05. The lowest BCUT2D eigenvalue weighted by atomic mass is 10.1. The Bertz CT molecular complexity index is 489. The zero-order valence-electron chi connectivity index (χ0n) is 13.3. The smallest absolute Gasteiger partial charge is 0.319 e. The number of hydrogen-bond acceptors (Lipinski definition) is 3. The standard InChI is InChI=1S/C16H25ClN4O/c1-13(12-21-8-6-20(2)7-9-21)11-18-16(22)19-15-5-3-4-14(17)10-15/h3-5,10,13H,6-9,11-12H2,1-2H3,(H2,18,19,22). The minimum absolute atomic E-state index is 0.188. The van der Waals surface area contributed by atoms with Crippen LogP contribution in [-0.2, 0) is 0 Å². The van der Waals surface area contributed by atoms with Gasteiger partial charge in [0, 0.05) is 50.0 Å². The molecule has 1 fully saturated rings. The Morgan fingerprint density at radius 1 is 1.32 bits per heavy atom. The molecule has 0 saturated carbocycles. The largest absolute Gasteiger partial charge is 0.338 e. The average molecular weight is 325 g/mol. The van der Waals surface area contributed by atoms with Crippen LogP contribution >= 0.6 is 11.6 Å². The second-order valence-corrected chi connectivity index (χ2v) is 6.49. The minimum atomic E-state index is -0.188. The predicted molar refractivity (Wildman–Crippen MR) is 91.6 cm³/mol. The van der Waals surface area contributed by atoms with E-state index in [-0.39, 0.29) is 6.03 Å². The first-order valence-electron chi connectivity index (χ1n) is 7.74. The van der Waals surface area contributed by atoms with Gasteiger partial charge < -0.3 is 20.4 Å². The van der Waals surface area contributed by atoms with Gasteiger partial charge in [-0.2, -0.15) is 0 Å². The summed E-state index contributed by atoms with van der Waals surface area (Å²) in [7, 11) is 2.16. The maximum atomic E-state index is 11.9. The van der Waals surface area contributed by atoms with Crippen LogP contribution in [0.4, 0.5) is 10.5 Å². The molecular formula is C16H25ClN4O. The maximum Gasteiger partial charge on any atom is 0.319 e. The van der Waals surface area contributed by atoms with Crippen molar-refractivity contribution in [1.82, 2.24) is 15.1 Å². The summed E-state index contributed by atoms with van der Waals surface area (Å²) >= 11 is 5.89. The molecule has 6 heteroatoms. The lowest BCUT2D eigenvalue weighted by Gasteiger charge is -2.33. The van der Waals surface area contributed by atoms with Crippen molar-refractivity contribution >= 4 is 23.3 Å². The molecule has 1 saturated heterocycles. The van der Waals surface area contributed by atoms with Crippen molar-refractivity contribution in [3.63, 3.8) is 0 Å². The highest BCUT2D eigenvalue weighted by Gasteiger charge is 2.16. The molecule has 0 bridgehead atoms. The Kier molecular flexibility index (Phi) is 6.49. The lowest BCUT2D eigenvalue weighted by molar-refractivity contribution is 0.138. The monoisotopic (exact) mass is 324 g/mol. The highest BCUT2D eigenvalue weighted by molar-refractivity contribution is 6.30. The number of halogens is 1. The number of benzene rings is 1. The number of nitrogens with zero attached hydrogens (tertiary/aromatic N) is 2. The van der Waals surface area contributed by atoms with Crippen LogP contribution in [0, 0.1) is 5.92 Å². The fourth-order valence-electron chi connectivity index (χ4n) is 2.54. The Morgan fingerprint density at radius 3 is 2.73 bits per heavy atom. The van der Waals surface area contributed by atoms with Crippen molar-refractivity contribution in [2.45, 2.75) is 6.92 Å². The van der Waals surface area contributed by atoms with E-state index in [2.05, 4.69) is 34.4 Å². The molecule has 1 aliphatic heterocycles. The van der Waals surface area contributed by atoms with Crippen LogP contribution in [0.15, 0.2) is 24.3 Å². The van der Waals surface area contributed by atoms with E-state index >= 15 is 0 Å². The molecule has 1 atom stereocenters. The third-order valence-corrected chi connectivity index (χ3v) is 4.09. The van der Waals surface area contributed by atoms with Crippen molar-refractivity contribution < 1.29 is 4.79 Å². The molecule has 5 nitrogen and oxygen atoms in total. The third-order valence-electron chi connectivity index (χ3n) is 3.86. The molecule has 122 valence electrons. The van der Waals surface area contributed by atoms with Crippen LogP contribution < -0.4 is 10.6 Å². The molecule has 0 aromatic heterocycles. The topological polar surface area (TPSA) is 47.6 Å². The number of anilines is 1. The van der Waals surface area contributed by atoms with E-state index in [1.54, 1.807) is 12.1 Å². The van der Waals surface area contributed by atoms with E-state index < -0.39 is 0 Å². The van der Waals surface area contributed by atoms with Gasteiger partial charge in [0.15, 0.2) is 0 Å². The quantitative estimate of drug-likeness (QED) is 0.874. The van der Waals surface area contributed by atoms with Gasteiger partial charge in [-0.05, 0) is 31.2 Å². The molecule has 0 spiro atoms. The van der Waals surface area contributed by atoms with E-state index in [0.717, 1.165) is 32.7 Å². The first kappa shape index (κ1) is 17.1. The molecule has 1 aromatic rings. The molecule has 22 heavy (non-hydrogen) atoms. The first-order valence-corrected chi connectivity index (χ1v) is 8.12. The van der Waals surface area contributed by atoms with Gasteiger partial charge in [0.25, 0.3) is 0 Å². The Hall–Kier alpha value is -1.30. The number of likely N-dealkylation sites (N-methyl/N-ethyl adjacent to an activating group) is 1. The Morgan fingerprint density at radius 2 is 2.05 bits per heavy atom. The summed E-state index contributed by atoms with van der Waals surface area (Å²) in [6.45, 7) is 8.30. The van der Waals surface area contributed by atoms with Crippen LogP contribution in [-0.4, -0.2) is 62.1 Å². The molecule has 1 heterocycles. The summed E-state index contributed by atoms with van der Waals surface area (Å²) < 4.78 is 0. The molecular weight excluding hydrogens is 300 g/mol. The van der Waals surface area contributed by atoms with Crippen LogP contribution in [0.5, 0.6) is 0 Å². The van der Waals surface area contributed by atoms with Gasteiger partial charge in [-0.25, -0.2) is 4.79 Å². The van der Waals surface area contributed by atoms with Gasteiger partial charge in [-0.1, -0.05) is 24.6 Å². The molecule has 1 aliphatic rings. The van der Waals surface area contributed by atoms with Gasteiger partial charge >= 0.3 is 6.03 Å². The Balaban J connectivity index is 1.67. The van der Waals surface area contributed by atoms with Crippen LogP contribution in [0.1, 0.15) is 6.92 Å². The number of hydrogen-bond donors (Lipinski definition) is 2. The van der Waals surface area contributed by atoms with Gasteiger partial charge in [0.05, 0.1) is 0 Å². The number of amides is 2. The lowest BCUT2D eigenvalue weighted by Crippen LogP contribution is -2.47. The number of carbonyl (C=O) groups is 1. The van der Waals surface area contributed by atoms with Crippen molar-refractivity contribution in [2.75, 3.05) is 51.6 Å². The van der Waals surface area contributed by atoms with Crippen molar-refractivity contribution in [2.24, 2.45) is 5.92 Å². The van der Waals surface area contributed by atoms with Crippen LogP contribution in [0.2, 0.25) is 5.02 Å². The van der Waals surface area contributed by atoms with E-state index in [1.165, 1.54) is 0 Å². The fraction of sp³-hybridized carbons (Fsp3) is 0.562. The normalized spacial score (nSPS) is 18.0. The van der Waals surface area contributed by atoms with Crippen LogP contribution in [0.25, 0.3) is 0 Å². The fourth-order valence-corrected chi connectivity index (χ4v) is 2.73. The number of carbonyl (C=O) groups excluding carboxylic acids is 1. The number of urea groups is 1. The molecule has 0 aliphatic carbocycles. The van der Waals surface area contributed by atoms with Crippen molar-refractivity contribution in [3.8, 4) is 0 Å². The molecule has 2 amide bonds. The SMILES string of the molecule is CC(CNC(=O)Nc1cccc(Cl)c1)CN1CCN(C)CC1. The van der Waals surface area contributed by atoms with Crippen molar-refractivity contribution in [1.29, 1.82) is 0 Å². The number of piperazine rings is 1. The minimum Gasteiger partial charge on any atom is -0.338 e. The zero-order chi connectivity index (χ0) is 15.9. The van der Waals surface area contributed by atoms with E-state index in [4.69, 9.17) is 11.6 Å². The summed E-state index contributed by atoms with van der Waals surface area (Å²) in [5.74, 6) is 0.425. The molecule has 1 unspecified atom stereocenters. The van der Waals surface area contributed by atoms with E-state index in [0.29, 0.717) is 23.2 Å². The van der Waals surface area contributed by atoms with Crippen molar-refractivity contribution in [3.05, 3.63) is 29.3 Å². The predicted octanol–water partition coefficient (Wildman–Crippen LogP) is 2.35. The number of nitrogens with one attached hydrogen (secondary N) is 2. The van der Waals surface area contributed by atoms with Crippen LogP contribution in [0.3, 0.4) is 0 Å². The maximum absolute atomic E-state index is 11.9. The molecule has 2 rings (SSSR count). The highest BCUT2D eigenvalue weighted by atomic mass is 35.5. The van der Waals surface area contributed by atoms with E-state index in [1.807, 2.05) is 12.1 Å². The summed E-state index contributed by atoms with van der Waals surface area (Å²) in [6.07, 6.45) is 0. The van der Waals surface area contributed by atoms with Gasteiger partial charge in [0.1, 0.15) is 0 Å². The summed E-state index contributed by atoms with van der Waals surface area (Å²) in [5, 5.41) is 6.32. The summed E-state index contributed by atoms with van der Waals surface area (Å²) in [6, 6.07) is 6.96. The highest BCUT2D eigenvalue weighted by Crippen LogP contribution is 2.14. The average Bonchev–Trinajstić information content (AvgIpc) is 2.48. The Labute approximate surface area is 137 Å². The van der Waals surface area contributed by atoms with Gasteiger partial charge in [-0.15, -0.1) is 0 Å².